The summed E-state index contributed by atoms with van der Waals surface area (Å²) >= 11 is 0. The van der Waals surface area contributed by atoms with Gasteiger partial charge >= 0.3 is 0 Å². The van der Waals surface area contributed by atoms with Crippen LogP contribution in [-0.4, -0.2) is 34.2 Å². The molecule has 136 valence electrons. The molecular formula is C21H25N3O2. The summed E-state index contributed by atoms with van der Waals surface area (Å²) in [7, 11) is 0. The van der Waals surface area contributed by atoms with Crippen molar-refractivity contribution in [1.29, 1.82) is 0 Å². The normalized spacial score (nSPS) is 14.7. The number of benzene rings is 2. The zero-order chi connectivity index (χ0) is 18.6. The smallest absolute Gasteiger partial charge is 0.240 e. The van der Waals surface area contributed by atoms with Gasteiger partial charge in [-0.05, 0) is 30.5 Å². The van der Waals surface area contributed by atoms with E-state index >= 15 is 0 Å². The summed E-state index contributed by atoms with van der Waals surface area (Å²) < 4.78 is 0. The van der Waals surface area contributed by atoms with Gasteiger partial charge in [0.05, 0.1) is 18.2 Å². The summed E-state index contributed by atoms with van der Waals surface area (Å²) in [6.07, 6.45) is 2.87. The minimum absolute atomic E-state index is 0.135. The van der Waals surface area contributed by atoms with Crippen molar-refractivity contribution in [2.24, 2.45) is 5.73 Å². The maximum atomic E-state index is 12.7. The van der Waals surface area contributed by atoms with Gasteiger partial charge in [0.1, 0.15) is 0 Å². The lowest BCUT2D eigenvalue weighted by molar-refractivity contribution is -0.126. The van der Waals surface area contributed by atoms with Crippen LogP contribution in [0.2, 0.25) is 0 Å². The van der Waals surface area contributed by atoms with Gasteiger partial charge in [-0.25, -0.2) is 0 Å². The van der Waals surface area contributed by atoms with E-state index in [1.807, 2.05) is 60.8 Å². The Morgan fingerprint density at radius 2 is 1.88 bits per heavy atom. The van der Waals surface area contributed by atoms with Crippen molar-refractivity contribution in [3.8, 4) is 0 Å². The van der Waals surface area contributed by atoms with Crippen molar-refractivity contribution >= 4 is 16.8 Å². The van der Waals surface area contributed by atoms with Crippen molar-refractivity contribution in [3.05, 3.63) is 71.9 Å². The number of carbonyl (C=O) groups excluding carboxylic acids is 1. The highest BCUT2D eigenvalue weighted by Crippen LogP contribution is 2.21. The Kier molecular flexibility index (Phi) is 5.40. The van der Waals surface area contributed by atoms with Crippen LogP contribution in [0.5, 0.6) is 0 Å². The first-order chi connectivity index (χ1) is 12.5. The van der Waals surface area contributed by atoms with E-state index in [9.17, 15) is 9.90 Å². The second-order valence-electron chi connectivity index (χ2n) is 7.00. The molecule has 1 amide bonds. The van der Waals surface area contributed by atoms with Gasteiger partial charge in [0.2, 0.25) is 5.91 Å². The summed E-state index contributed by atoms with van der Waals surface area (Å²) in [5, 5.41) is 13.6. The number of aliphatic hydroxyl groups is 1. The van der Waals surface area contributed by atoms with Gasteiger partial charge in [0.15, 0.2) is 0 Å². The van der Waals surface area contributed by atoms with Crippen molar-refractivity contribution in [1.82, 2.24) is 10.3 Å². The van der Waals surface area contributed by atoms with Crippen LogP contribution in [0.3, 0.4) is 0 Å². The molecule has 5 N–H and O–H groups in total. The second kappa shape index (κ2) is 7.72. The lowest BCUT2D eigenvalue weighted by Crippen LogP contribution is -2.56. The third-order valence-electron chi connectivity index (χ3n) is 4.63. The van der Waals surface area contributed by atoms with Crippen LogP contribution in [-0.2, 0) is 17.6 Å². The summed E-state index contributed by atoms with van der Waals surface area (Å²) in [4.78, 5) is 15.9. The van der Waals surface area contributed by atoms with Gasteiger partial charge in [-0.3, -0.25) is 4.79 Å². The first kappa shape index (κ1) is 18.2. The number of H-pyrrole nitrogens is 1. The van der Waals surface area contributed by atoms with Crippen LogP contribution in [0, 0.1) is 0 Å². The van der Waals surface area contributed by atoms with Gasteiger partial charge in [-0.1, -0.05) is 48.5 Å². The first-order valence-corrected chi connectivity index (χ1v) is 8.79. The van der Waals surface area contributed by atoms with Crippen LogP contribution < -0.4 is 11.1 Å². The van der Waals surface area contributed by atoms with Crippen LogP contribution in [0.15, 0.2) is 60.8 Å². The maximum Gasteiger partial charge on any atom is 0.240 e. The number of para-hydroxylation sites is 1. The topological polar surface area (TPSA) is 91.1 Å². The molecule has 0 aliphatic carbocycles. The molecule has 0 saturated heterocycles. The van der Waals surface area contributed by atoms with Crippen LogP contribution in [0.25, 0.3) is 10.9 Å². The number of aromatic nitrogens is 1. The molecule has 1 heterocycles. The Bertz CT molecular complexity index is 871. The Morgan fingerprint density at radius 1 is 1.19 bits per heavy atom. The third kappa shape index (κ3) is 4.12. The molecule has 2 atom stereocenters. The van der Waals surface area contributed by atoms with Crippen LogP contribution >= 0.6 is 0 Å². The average molecular weight is 351 g/mol. The summed E-state index contributed by atoms with van der Waals surface area (Å²) in [5.74, 6) is -0.266. The Labute approximate surface area is 153 Å². The number of fused-ring (bicyclic) bond motifs is 1. The molecule has 0 saturated carbocycles. The molecule has 1 aromatic heterocycles. The Hall–Kier alpha value is -2.63. The standard InChI is InChI=1S/C21H25N3O2/c1-21(22,12-16-13-23-19-10-6-5-9-18(16)19)20(26)24-17(14-25)11-15-7-3-2-4-8-15/h2-10,13,17,23,25H,11-12,14,22H2,1H3,(H,24,26)/t17-,21+/m0/s1. The van der Waals surface area contributed by atoms with Gasteiger partial charge in [0, 0.05) is 23.5 Å². The monoisotopic (exact) mass is 351 g/mol. The number of hydrogen-bond donors (Lipinski definition) is 4. The molecule has 5 nitrogen and oxygen atoms in total. The van der Waals surface area contributed by atoms with Gasteiger partial charge in [-0.15, -0.1) is 0 Å². The molecule has 0 spiro atoms. The zero-order valence-electron chi connectivity index (χ0n) is 14.9. The number of rotatable bonds is 7. The molecule has 0 radical (unpaired) electrons. The molecule has 0 aliphatic heterocycles. The molecule has 26 heavy (non-hydrogen) atoms. The van der Waals surface area contributed by atoms with E-state index in [1.165, 1.54) is 0 Å². The summed E-state index contributed by atoms with van der Waals surface area (Å²) in [5.41, 5.74) is 8.34. The lowest BCUT2D eigenvalue weighted by Gasteiger charge is -2.26. The fraction of sp³-hybridized carbons (Fsp3) is 0.286. The Morgan fingerprint density at radius 3 is 2.62 bits per heavy atom. The molecular weight excluding hydrogens is 326 g/mol. The number of hydrogen-bond acceptors (Lipinski definition) is 3. The van der Waals surface area contributed by atoms with E-state index in [1.54, 1.807) is 6.92 Å². The first-order valence-electron chi connectivity index (χ1n) is 8.79. The highest BCUT2D eigenvalue weighted by atomic mass is 16.3. The number of aromatic amines is 1. The molecule has 5 heteroatoms. The van der Waals surface area contributed by atoms with E-state index in [0.717, 1.165) is 22.0 Å². The number of amides is 1. The van der Waals surface area contributed by atoms with Crippen LogP contribution in [0.1, 0.15) is 18.1 Å². The number of nitrogens with one attached hydrogen (secondary N) is 2. The zero-order valence-corrected chi connectivity index (χ0v) is 14.9. The summed E-state index contributed by atoms with van der Waals surface area (Å²) in [6.45, 7) is 1.59. The third-order valence-corrected chi connectivity index (χ3v) is 4.63. The molecule has 0 fully saturated rings. The van der Waals surface area contributed by atoms with Crippen molar-refractivity contribution < 1.29 is 9.90 Å². The number of aliphatic hydroxyl groups excluding tert-OH is 1. The quantitative estimate of drug-likeness (QED) is 0.526. The predicted octanol–water partition coefficient (Wildman–Crippen LogP) is 2.15. The van der Waals surface area contributed by atoms with E-state index < -0.39 is 5.54 Å². The number of nitrogens with two attached hydrogens (primary N) is 1. The fourth-order valence-corrected chi connectivity index (χ4v) is 3.16. The van der Waals surface area contributed by atoms with E-state index in [4.69, 9.17) is 5.73 Å². The minimum atomic E-state index is -1.07. The van der Waals surface area contributed by atoms with E-state index in [2.05, 4.69) is 10.3 Å². The highest BCUT2D eigenvalue weighted by molar-refractivity contribution is 5.88. The molecule has 3 aromatic rings. The van der Waals surface area contributed by atoms with Gasteiger partial charge < -0.3 is 21.1 Å². The molecule has 3 rings (SSSR count). The largest absolute Gasteiger partial charge is 0.394 e. The van der Waals surface area contributed by atoms with Crippen LogP contribution in [0.4, 0.5) is 0 Å². The Balaban J connectivity index is 1.68. The molecule has 0 bridgehead atoms. The highest BCUT2D eigenvalue weighted by Gasteiger charge is 2.31. The average Bonchev–Trinajstić information content (AvgIpc) is 3.04. The van der Waals surface area contributed by atoms with Gasteiger partial charge in [0.25, 0.3) is 0 Å². The van der Waals surface area contributed by atoms with Crippen molar-refractivity contribution in [3.63, 3.8) is 0 Å². The van der Waals surface area contributed by atoms with E-state index in [0.29, 0.717) is 12.8 Å². The molecule has 0 aliphatic rings. The molecule has 0 unspecified atom stereocenters. The second-order valence-corrected chi connectivity index (χ2v) is 7.00. The lowest BCUT2D eigenvalue weighted by atomic mass is 9.92. The number of carbonyl (C=O) groups is 1. The van der Waals surface area contributed by atoms with E-state index in [-0.39, 0.29) is 18.6 Å². The maximum absolute atomic E-state index is 12.7. The fourth-order valence-electron chi connectivity index (χ4n) is 3.16. The minimum Gasteiger partial charge on any atom is -0.394 e. The molecule has 2 aromatic carbocycles. The van der Waals surface area contributed by atoms with Crippen molar-refractivity contribution in [2.45, 2.75) is 31.3 Å². The predicted molar refractivity (Wildman–Crippen MR) is 104 cm³/mol. The van der Waals surface area contributed by atoms with Crippen molar-refractivity contribution in [2.75, 3.05) is 6.61 Å². The summed E-state index contributed by atoms with van der Waals surface area (Å²) in [6, 6.07) is 17.3. The SMILES string of the molecule is C[C@@](N)(Cc1c[nH]c2ccccc12)C(=O)N[C@H](CO)Cc1ccccc1. The van der Waals surface area contributed by atoms with Gasteiger partial charge in [-0.2, -0.15) is 0 Å².